The second-order valence-corrected chi connectivity index (χ2v) is 7.87. The molecule has 0 spiro atoms. The molecule has 0 aliphatic carbocycles. The number of hydrogen-bond acceptors (Lipinski definition) is 6. The lowest BCUT2D eigenvalue weighted by Gasteiger charge is -2.33. The van der Waals surface area contributed by atoms with Gasteiger partial charge in [-0.25, -0.2) is 9.78 Å². The molecule has 38 heavy (non-hydrogen) atoms. The monoisotopic (exact) mass is 583 g/mol. The normalized spacial score (nSPS) is 13.4. The highest BCUT2D eigenvalue weighted by Gasteiger charge is 2.43. The minimum absolute atomic E-state index is 0.0506. The van der Waals surface area contributed by atoms with E-state index in [0.29, 0.717) is 4.57 Å². The highest BCUT2D eigenvalue weighted by molar-refractivity contribution is 6.34. The molecule has 2 aromatic rings. The van der Waals surface area contributed by atoms with Crippen molar-refractivity contribution in [3.05, 3.63) is 50.4 Å². The zero-order valence-corrected chi connectivity index (χ0v) is 20.4. The molecular formula is C21H19ClF9N3O4. The Morgan fingerprint density at radius 3 is 2.08 bits per heavy atom. The van der Waals surface area contributed by atoms with Crippen molar-refractivity contribution in [2.75, 3.05) is 18.6 Å². The maximum absolute atomic E-state index is 13.7. The van der Waals surface area contributed by atoms with Crippen LogP contribution < -0.4 is 10.5 Å². The minimum Gasteiger partial charge on any atom is -0.463 e. The Morgan fingerprint density at radius 1 is 1.03 bits per heavy atom. The number of aromatic nitrogens is 2. The first kappa shape index (κ1) is 31.2. The van der Waals surface area contributed by atoms with E-state index in [-0.39, 0.29) is 36.1 Å². The smallest absolute Gasteiger partial charge is 0.433 e. The number of nitrogens with zero attached hydrogens (tertiary/aromatic N) is 3. The number of alkyl halides is 9. The molecule has 1 atom stereocenters. The van der Waals surface area contributed by atoms with Crippen LogP contribution in [0.4, 0.5) is 51.1 Å². The van der Waals surface area contributed by atoms with Crippen molar-refractivity contribution in [3.63, 3.8) is 0 Å². The number of halogens is 10. The molecule has 7 nitrogen and oxygen atoms in total. The Morgan fingerprint density at radius 2 is 1.63 bits per heavy atom. The maximum atomic E-state index is 13.7. The number of hydrogen-bond donors (Lipinski definition) is 0. The summed E-state index contributed by atoms with van der Waals surface area (Å²) in [7, 11) is 0.774. The predicted molar refractivity (Wildman–Crippen MR) is 115 cm³/mol. The van der Waals surface area contributed by atoms with E-state index in [1.807, 2.05) is 0 Å². The van der Waals surface area contributed by atoms with E-state index >= 15 is 0 Å². The highest BCUT2D eigenvalue weighted by atomic mass is 35.5. The quantitative estimate of drug-likeness (QED) is 0.214. The molecule has 17 heteroatoms. The van der Waals surface area contributed by atoms with Gasteiger partial charge in [0.15, 0.2) is 5.69 Å². The SMILES string of the molecule is CCCn1c(N(c2cc(C(F)(F)F)cc(C(F)(F)F)c2Cl)C(OC)C(=O)OCC)nc(C(F)(F)F)cc1=O. The molecule has 0 amide bonds. The molecule has 1 aromatic carbocycles. The number of methoxy groups -OCH3 is 1. The second-order valence-electron chi connectivity index (χ2n) is 7.49. The van der Waals surface area contributed by atoms with Gasteiger partial charge in [0.25, 0.3) is 5.56 Å². The van der Waals surface area contributed by atoms with Gasteiger partial charge in [-0.3, -0.25) is 14.3 Å². The fourth-order valence-electron chi connectivity index (χ4n) is 3.27. The van der Waals surface area contributed by atoms with Gasteiger partial charge in [-0.05, 0) is 25.5 Å². The lowest BCUT2D eigenvalue weighted by molar-refractivity contribution is -0.154. The van der Waals surface area contributed by atoms with Crippen LogP contribution in [0.1, 0.15) is 37.1 Å². The van der Waals surface area contributed by atoms with Crippen LogP contribution in [0, 0.1) is 0 Å². The van der Waals surface area contributed by atoms with Crippen molar-refractivity contribution in [1.82, 2.24) is 9.55 Å². The average molecular weight is 584 g/mol. The Kier molecular flexibility index (Phi) is 9.35. The molecule has 0 bridgehead atoms. The molecule has 212 valence electrons. The molecule has 0 fully saturated rings. The van der Waals surface area contributed by atoms with Crippen LogP contribution in [-0.2, 0) is 39.3 Å². The average Bonchev–Trinajstić information content (AvgIpc) is 2.77. The third kappa shape index (κ3) is 6.70. The Balaban J connectivity index is 3.16. The van der Waals surface area contributed by atoms with Gasteiger partial charge in [0, 0.05) is 19.7 Å². The zero-order valence-electron chi connectivity index (χ0n) is 19.7. The van der Waals surface area contributed by atoms with Gasteiger partial charge in [-0.1, -0.05) is 18.5 Å². The lowest BCUT2D eigenvalue weighted by Crippen LogP contribution is -2.44. The van der Waals surface area contributed by atoms with E-state index < -0.39 is 76.3 Å². The van der Waals surface area contributed by atoms with E-state index in [1.54, 1.807) is 0 Å². The van der Waals surface area contributed by atoms with E-state index in [2.05, 4.69) is 4.98 Å². The third-order valence-electron chi connectivity index (χ3n) is 4.83. The van der Waals surface area contributed by atoms with Crippen LogP contribution in [0.25, 0.3) is 0 Å². The number of esters is 1. The summed E-state index contributed by atoms with van der Waals surface area (Å²) < 4.78 is 133. The van der Waals surface area contributed by atoms with Crippen molar-refractivity contribution >= 4 is 29.2 Å². The Labute approximate surface area is 213 Å². The summed E-state index contributed by atoms with van der Waals surface area (Å²) in [6, 6.07) is -0.168. The Hall–Kier alpha value is -3.01. The predicted octanol–water partition coefficient (Wildman–Crippen LogP) is 6.04. The first-order valence-corrected chi connectivity index (χ1v) is 10.9. The summed E-state index contributed by atoms with van der Waals surface area (Å²) in [5.74, 6) is -2.60. The summed E-state index contributed by atoms with van der Waals surface area (Å²) >= 11 is 5.87. The molecule has 1 heterocycles. The van der Waals surface area contributed by atoms with Crippen molar-refractivity contribution in [1.29, 1.82) is 0 Å². The maximum Gasteiger partial charge on any atom is 0.433 e. The van der Waals surface area contributed by atoms with Gasteiger partial charge in [0.1, 0.15) is 0 Å². The summed E-state index contributed by atoms with van der Waals surface area (Å²) in [5, 5.41) is -1.44. The molecule has 0 radical (unpaired) electrons. The van der Waals surface area contributed by atoms with Gasteiger partial charge in [0.05, 0.1) is 28.4 Å². The largest absolute Gasteiger partial charge is 0.463 e. The fourth-order valence-corrected chi connectivity index (χ4v) is 3.58. The van der Waals surface area contributed by atoms with Gasteiger partial charge >= 0.3 is 24.5 Å². The van der Waals surface area contributed by atoms with Crippen LogP contribution in [0.2, 0.25) is 5.02 Å². The van der Waals surface area contributed by atoms with Crippen LogP contribution in [0.15, 0.2) is 23.0 Å². The first-order chi connectivity index (χ1) is 17.4. The zero-order chi connectivity index (χ0) is 29.2. The van der Waals surface area contributed by atoms with E-state index in [9.17, 15) is 49.1 Å². The fraction of sp³-hybridized carbons (Fsp3) is 0.476. The second kappa shape index (κ2) is 11.4. The van der Waals surface area contributed by atoms with Crippen LogP contribution in [0.3, 0.4) is 0 Å². The third-order valence-corrected chi connectivity index (χ3v) is 5.23. The number of anilines is 2. The van der Waals surface area contributed by atoms with Gasteiger partial charge < -0.3 is 9.47 Å². The van der Waals surface area contributed by atoms with Crippen LogP contribution in [0.5, 0.6) is 0 Å². The number of rotatable bonds is 8. The van der Waals surface area contributed by atoms with E-state index in [4.69, 9.17) is 21.1 Å². The topological polar surface area (TPSA) is 73.7 Å². The summed E-state index contributed by atoms with van der Waals surface area (Å²) in [5.41, 5.74) is -8.42. The number of ether oxygens (including phenoxy) is 2. The van der Waals surface area contributed by atoms with Gasteiger partial charge in [0.2, 0.25) is 12.2 Å². The number of benzene rings is 1. The summed E-state index contributed by atoms with van der Waals surface area (Å²) in [6.07, 6.45) is -18.4. The molecule has 2 rings (SSSR count). The van der Waals surface area contributed by atoms with E-state index in [1.165, 1.54) is 13.8 Å². The number of carbonyl (C=O) groups is 1. The van der Waals surface area contributed by atoms with Gasteiger partial charge in [-0.15, -0.1) is 0 Å². The molecule has 1 aromatic heterocycles. The van der Waals surface area contributed by atoms with Crippen molar-refractivity contribution < 1.29 is 53.8 Å². The lowest BCUT2D eigenvalue weighted by atomic mass is 10.1. The molecule has 1 unspecified atom stereocenters. The van der Waals surface area contributed by atoms with Crippen molar-refractivity contribution in [2.45, 2.75) is 51.6 Å². The molecule has 0 N–H and O–H groups in total. The van der Waals surface area contributed by atoms with E-state index in [0.717, 1.165) is 7.11 Å². The molecule has 0 aliphatic rings. The Bertz CT molecular complexity index is 1230. The minimum atomic E-state index is -5.48. The standard InChI is InChI=1S/C21H19ClF9N3O4/c1-4-6-33-14(35)9-13(21(29,30)31)32-18(33)34(16(37-3)17(36)38-5-2)12-8-10(19(23,24)25)7-11(15(12)22)20(26,27)28/h7-9,16H,4-6H2,1-3H3. The molecule has 0 saturated carbocycles. The summed E-state index contributed by atoms with van der Waals surface area (Å²) in [6.45, 7) is 1.99. The van der Waals surface area contributed by atoms with Gasteiger partial charge in [-0.2, -0.15) is 39.5 Å². The molecular weight excluding hydrogens is 565 g/mol. The van der Waals surface area contributed by atoms with Crippen molar-refractivity contribution in [2.24, 2.45) is 0 Å². The molecule has 0 saturated heterocycles. The number of carbonyl (C=O) groups excluding carboxylic acids is 1. The molecule has 0 aliphatic heterocycles. The first-order valence-electron chi connectivity index (χ1n) is 10.5. The van der Waals surface area contributed by atoms with Crippen LogP contribution >= 0.6 is 11.6 Å². The van der Waals surface area contributed by atoms with Crippen LogP contribution in [-0.4, -0.2) is 35.5 Å². The van der Waals surface area contributed by atoms with Crippen molar-refractivity contribution in [3.8, 4) is 0 Å². The highest BCUT2D eigenvalue weighted by Crippen LogP contribution is 2.46. The summed E-state index contributed by atoms with van der Waals surface area (Å²) in [4.78, 5) is 28.7.